The summed E-state index contributed by atoms with van der Waals surface area (Å²) in [6.07, 6.45) is 1.74. The SMILES string of the molecule is O=C(NCc1cn(-c2ccc(OCCO)cc2)nn1)c1ccc(Cl)s1. The number of hydrogen-bond acceptors (Lipinski definition) is 6. The highest BCUT2D eigenvalue weighted by atomic mass is 35.5. The molecule has 25 heavy (non-hydrogen) atoms. The molecule has 3 rings (SSSR count). The average molecular weight is 379 g/mol. The predicted octanol–water partition coefficient (Wildman–Crippen LogP) is 2.28. The van der Waals surface area contributed by atoms with Gasteiger partial charge in [-0.15, -0.1) is 16.4 Å². The van der Waals surface area contributed by atoms with Gasteiger partial charge in [0, 0.05) is 0 Å². The molecule has 0 aliphatic carbocycles. The molecule has 2 aromatic heterocycles. The Morgan fingerprint density at radius 3 is 2.76 bits per heavy atom. The van der Waals surface area contributed by atoms with Crippen molar-refractivity contribution in [3.8, 4) is 11.4 Å². The van der Waals surface area contributed by atoms with Gasteiger partial charge in [0.1, 0.15) is 18.1 Å². The Morgan fingerprint density at radius 2 is 2.08 bits per heavy atom. The van der Waals surface area contributed by atoms with Crippen LogP contribution in [0, 0.1) is 0 Å². The number of nitrogens with zero attached hydrogens (tertiary/aromatic N) is 3. The largest absolute Gasteiger partial charge is 0.491 e. The van der Waals surface area contributed by atoms with Gasteiger partial charge in [-0.25, -0.2) is 4.68 Å². The minimum atomic E-state index is -0.197. The Bertz CT molecular complexity index is 847. The minimum Gasteiger partial charge on any atom is -0.491 e. The highest BCUT2D eigenvalue weighted by Crippen LogP contribution is 2.21. The predicted molar refractivity (Wildman–Crippen MR) is 94.4 cm³/mol. The third kappa shape index (κ3) is 4.56. The number of carbonyl (C=O) groups is 1. The third-order valence-electron chi connectivity index (χ3n) is 3.23. The van der Waals surface area contributed by atoms with Gasteiger partial charge < -0.3 is 15.2 Å². The Balaban J connectivity index is 1.59. The van der Waals surface area contributed by atoms with Crippen molar-refractivity contribution in [2.45, 2.75) is 6.54 Å². The fourth-order valence-electron chi connectivity index (χ4n) is 2.06. The molecule has 9 heteroatoms. The van der Waals surface area contributed by atoms with Crippen LogP contribution in [-0.2, 0) is 6.54 Å². The minimum absolute atomic E-state index is 0.0302. The van der Waals surface area contributed by atoms with Crippen LogP contribution in [-0.4, -0.2) is 39.2 Å². The Labute approximate surface area is 152 Å². The molecule has 1 amide bonds. The molecule has 130 valence electrons. The number of thiophene rings is 1. The van der Waals surface area contributed by atoms with Crippen LogP contribution < -0.4 is 10.1 Å². The van der Waals surface area contributed by atoms with E-state index in [2.05, 4.69) is 15.6 Å². The van der Waals surface area contributed by atoms with E-state index in [-0.39, 0.29) is 25.7 Å². The first-order chi connectivity index (χ1) is 12.2. The number of benzene rings is 1. The maximum atomic E-state index is 12.0. The van der Waals surface area contributed by atoms with Crippen LogP contribution in [0.5, 0.6) is 5.75 Å². The standard InChI is InChI=1S/C16H15ClN4O3S/c17-15-6-5-14(25-15)16(23)18-9-11-10-21(20-19-11)12-1-3-13(4-2-12)24-8-7-22/h1-6,10,22H,7-9H2,(H,18,23). The van der Waals surface area contributed by atoms with E-state index in [1.807, 2.05) is 12.1 Å². The van der Waals surface area contributed by atoms with Crippen molar-refractivity contribution in [1.82, 2.24) is 20.3 Å². The molecule has 2 heterocycles. The zero-order valence-electron chi connectivity index (χ0n) is 13.1. The van der Waals surface area contributed by atoms with Crippen LogP contribution in [0.3, 0.4) is 0 Å². The first-order valence-electron chi connectivity index (χ1n) is 7.44. The molecule has 0 saturated heterocycles. The lowest BCUT2D eigenvalue weighted by Gasteiger charge is -2.05. The highest BCUT2D eigenvalue weighted by molar-refractivity contribution is 7.17. The molecule has 1 aromatic carbocycles. The van der Waals surface area contributed by atoms with E-state index in [4.69, 9.17) is 21.4 Å². The summed E-state index contributed by atoms with van der Waals surface area (Å²) in [6, 6.07) is 10.6. The molecule has 0 aliphatic rings. The van der Waals surface area contributed by atoms with Crippen molar-refractivity contribution in [2.24, 2.45) is 0 Å². The summed E-state index contributed by atoms with van der Waals surface area (Å²) < 4.78 is 7.49. The molecule has 0 saturated carbocycles. The quantitative estimate of drug-likeness (QED) is 0.658. The number of halogens is 1. The van der Waals surface area contributed by atoms with Gasteiger partial charge in [-0.2, -0.15) is 0 Å². The van der Waals surface area contributed by atoms with Crippen molar-refractivity contribution in [3.05, 3.63) is 57.5 Å². The van der Waals surface area contributed by atoms with Gasteiger partial charge in [-0.1, -0.05) is 16.8 Å². The van der Waals surface area contributed by atoms with E-state index in [0.29, 0.717) is 20.7 Å². The Morgan fingerprint density at radius 1 is 1.28 bits per heavy atom. The fourth-order valence-corrected chi connectivity index (χ4v) is 3.02. The number of amides is 1. The lowest BCUT2D eigenvalue weighted by molar-refractivity contribution is 0.0954. The molecule has 0 bridgehead atoms. The summed E-state index contributed by atoms with van der Waals surface area (Å²) in [5, 5.41) is 19.6. The van der Waals surface area contributed by atoms with Crippen LogP contribution in [0.2, 0.25) is 4.34 Å². The molecule has 0 aliphatic heterocycles. The number of rotatable bonds is 7. The van der Waals surface area contributed by atoms with Crippen LogP contribution in [0.25, 0.3) is 5.69 Å². The smallest absolute Gasteiger partial charge is 0.261 e. The molecule has 2 N–H and O–H groups in total. The van der Waals surface area contributed by atoms with Gasteiger partial charge in [0.2, 0.25) is 0 Å². The second-order valence-corrected chi connectivity index (χ2v) is 6.72. The van der Waals surface area contributed by atoms with E-state index in [0.717, 1.165) is 5.69 Å². The molecular formula is C16H15ClN4O3S. The van der Waals surface area contributed by atoms with E-state index in [1.165, 1.54) is 11.3 Å². The van der Waals surface area contributed by atoms with Gasteiger partial charge >= 0.3 is 0 Å². The van der Waals surface area contributed by atoms with Crippen LogP contribution in [0.15, 0.2) is 42.6 Å². The van der Waals surface area contributed by atoms with Crippen LogP contribution >= 0.6 is 22.9 Å². The topological polar surface area (TPSA) is 89.3 Å². The van der Waals surface area contributed by atoms with Crippen molar-refractivity contribution in [1.29, 1.82) is 0 Å². The summed E-state index contributed by atoms with van der Waals surface area (Å²) in [5.74, 6) is 0.469. The van der Waals surface area contributed by atoms with Gasteiger partial charge in [0.15, 0.2) is 0 Å². The summed E-state index contributed by atoms with van der Waals surface area (Å²) in [5.41, 5.74) is 1.45. The first-order valence-corrected chi connectivity index (χ1v) is 8.64. The van der Waals surface area contributed by atoms with Crippen LogP contribution in [0.4, 0.5) is 0 Å². The second kappa shape index (κ2) is 8.11. The van der Waals surface area contributed by atoms with E-state index < -0.39 is 0 Å². The monoisotopic (exact) mass is 378 g/mol. The zero-order valence-corrected chi connectivity index (χ0v) is 14.6. The van der Waals surface area contributed by atoms with E-state index in [1.54, 1.807) is 35.1 Å². The summed E-state index contributed by atoms with van der Waals surface area (Å²) in [4.78, 5) is 12.5. The van der Waals surface area contributed by atoms with Crippen molar-refractivity contribution >= 4 is 28.8 Å². The third-order valence-corrected chi connectivity index (χ3v) is 4.46. The maximum absolute atomic E-state index is 12.0. The summed E-state index contributed by atoms with van der Waals surface area (Å²) in [6.45, 7) is 0.492. The van der Waals surface area contributed by atoms with Crippen molar-refractivity contribution in [3.63, 3.8) is 0 Å². The maximum Gasteiger partial charge on any atom is 0.261 e. The molecule has 0 radical (unpaired) electrons. The number of hydrogen-bond donors (Lipinski definition) is 2. The summed E-state index contributed by atoms with van der Waals surface area (Å²) >= 11 is 7.05. The normalized spacial score (nSPS) is 10.6. The Kier molecular flexibility index (Phi) is 5.64. The van der Waals surface area contributed by atoms with Gasteiger partial charge in [0.25, 0.3) is 5.91 Å². The summed E-state index contributed by atoms with van der Waals surface area (Å²) in [7, 11) is 0. The number of ether oxygens (including phenoxy) is 1. The van der Waals surface area contributed by atoms with Gasteiger partial charge in [-0.05, 0) is 36.4 Å². The first kappa shape index (κ1) is 17.4. The number of aliphatic hydroxyl groups is 1. The number of aliphatic hydroxyl groups excluding tert-OH is 1. The molecule has 7 nitrogen and oxygen atoms in total. The molecule has 0 unspecified atom stereocenters. The number of carbonyl (C=O) groups excluding carboxylic acids is 1. The van der Waals surface area contributed by atoms with Crippen molar-refractivity contribution in [2.75, 3.05) is 13.2 Å². The number of nitrogens with one attached hydrogen (secondary N) is 1. The Hall–Kier alpha value is -2.42. The fraction of sp³-hybridized carbons (Fsp3) is 0.188. The molecule has 0 atom stereocenters. The van der Waals surface area contributed by atoms with E-state index >= 15 is 0 Å². The molecule has 0 spiro atoms. The van der Waals surface area contributed by atoms with E-state index in [9.17, 15) is 4.79 Å². The lowest BCUT2D eigenvalue weighted by Crippen LogP contribution is -2.21. The van der Waals surface area contributed by atoms with Gasteiger partial charge in [0.05, 0.1) is 34.2 Å². The highest BCUT2D eigenvalue weighted by Gasteiger charge is 2.10. The van der Waals surface area contributed by atoms with Gasteiger partial charge in [-0.3, -0.25) is 4.79 Å². The average Bonchev–Trinajstić information content (AvgIpc) is 3.27. The second-order valence-electron chi connectivity index (χ2n) is 5.01. The molecule has 0 fully saturated rings. The van der Waals surface area contributed by atoms with Crippen LogP contribution in [0.1, 0.15) is 15.4 Å². The molecule has 3 aromatic rings. The number of aromatic nitrogens is 3. The lowest BCUT2D eigenvalue weighted by atomic mass is 10.3. The van der Waals surface area contributed by atoms with Crippen molar-refractivity contribution < 1.29 is 14.6 Å². The zero-order chi connectivity index (χ0) is 17.6. The molecular weight excluding hydrogens is 364 g/mol.